The molecule has 6 nitrogen and oxygen atoms in total. The summed E-state index contributed by atoms with van der Waals surface area (Å²) in [6.07, 6.45) is 5.09. The summed E-state index contributed by atoms with van der Waals surface area (Å²) in [5.41, 5.74) is 2.03. The first-order valence-corrected chi connectivity index (χ1v) is 9.10. The third kappa shape index (κ3) is 2.78. The fraction of sp³-hybridized carbons (Fsp3) is 0.667. The summed E-state index contributed by atoms with van der Waals surface area (Å²) < 4.78 is 20.1. The van der Waals surface area contributed by atoms with Crippen molar-refractivity contribution in [3.05, 3.63) is 18.0 Å². The van der Waals surface area contributed by atoms with E-state index >= 15 is 0 Å². The molecule has 7 heteroatoms. The second-order valence-electron chi connectivity index (χ2n) is 8.08. The Bertz CT molecular complexity index is 780. The number of aryl methyl sites for hydroxylation is 1. The number of nitrogens with zero attached hydrogens (tertiary/aromatic N) is 3. The molecular formula is C18H26BN3O3. The molecule has 25 heavy (non-hydrogen) atoms. The van der Waals surface area contributed by atoms with Gasteiger partial charge in [0.05, 0.1) is 16.9 Å². The van der Waals surface area contributed by atoms with Gasteiger partial charge in [-0.1, -0.05) is 0 Å². The average molecular weight is 343 g/mol. The van der Waals surface area contributed by atoms with Gasteiger partial charge in [0, 0.05) is 23.7 Å². The molecule has 2 aromatic heterocycles. The predicted molar refractivity (Wildman–Crippen MR) is 96.8 cm³/mol. The van der Waals surface area contributed by atoms with E-state index in [2.05, 4.69) is 43.8 Å². The van der Waals surface area contributed by atoms with Crippen LogP contribution in [0.3, 0.4) is 0 Å². The van der Waals surface area contributed by atoms with Crippen molar-refractivity contribution < 1.29 is 14.0 Å². The van der Waals surface area contributed by atoms with Crippen molar-refractivity contribution in [3.8, 4) is 0 Å². The molecule has 2 saturated heterocycles. The Kier molecular flexibility index (Phi) is 3.94. The summed E-state index contributed by atoms with van der Waals surface area (Å²) in [7, 11) is -0.407. The Labute approximate surface area is 149 Å². The summed E-state index contributed by atoms with van der Waals surface area (Å²) in [6, 6.07) is 2.09. The van der Waals surface area contributed by atoms with Crippen molar-refractivity contribution in [2.24, 2.45) is 0 Å². The molecule has 0 N–H and O–H groups in total. The second kappa shape index (κ2) is 5.79. The van der Waals surface area contributed by atoms with Crippen LogP contribution in [0.4, 0.5) is 0 Å². The molecule has 0 spiro atoms. The largest absolute Gasteiger partial charge is 0.496 e. The van der Waals surface area contributed by atoms with Gasteiger partial charge in [0.25, 0.3) is 0 Å². The van der Waals surface area contributed by atoms with Crippen LogP contribution in [0.1, 0.15) is 58.9 Å². The van der Waals surface area contributed by atoms with Gasteiger partial charge in [-0.15, -0.1) is 0 Å². The van der Waals surface area contributed by atoms with Crippen molar-refractivity contribution in [3.63, 3.8) is 0 Å². The molecule has 2 aliphatic heterocycles. The lowest BCUT2D eigenvalue weighted by Crippen LogP contribution is -2.41. The average Bonchev–Trinajstić information content (AvgIpc) is 3.01. The molecule has 0 radical (unpaired) electrons. The third-order valence-corrected chi connectivity index (χ3v) is 5.71. The van der Waals surface area contributed by atoms with Crippen LogP contribution >= 0.6 is 0 Å². The summed E-state index contributed by atoms with van der Waals surface area (Å²) >= 11 is 0. The number of hydrogen-bond acceptors (Lipinski definition) is 5. The van der Waals surface area contributed by atoms with Crippen LogP contribution in [-0.4, -0.2) is 39.7 Å². The molecule has 0 bridgehead atoms. The minimum absolute atomic E-state index is 0.0138. The molecule has 2 aliphatic rings. The highest BCUT2D eigenvalue weighted by Gasteiger charge is 2.51. The maximum Gasteiger partial charge on any atom is 0.496 e. The van der Waals surface area contributed by atoms with E-state index in [0.29, 0.717) is 0 Å². The van der Waals surface area contributed by atoms with Crippen LogP contribution in [0.5, 0.6) is 0 Å². The van der Waals surface area contributed by atoms with Crippen molar-refractivity contribution in [2.45, 2.75) is 71.3 Å². The standard InChI is InChI=1S/C18H26BN3O3/c1-12-14-10-13(19-24-17(2,3)18(4,5)25-19)11-20-16(14)22(21-12)15-8-6-7-9-23-15/h10-11,15H,6-9H2,1-5H3. The third-order valence-electron chi connectivity index (χ3n) is 5.71. The normalized spacial score (nSPS) is 25.6. The number of rotatable bonds is 2. The van der Waals surface area contributed by atoms with E-state index in [-0.39, 0.29) is 17.4 Å². The van der Waals surface area contributed by atoms with E-state index < -0.39 is 7.12 Å². The molecule has 4 heterocycles. The molecule has 4 rings (SSSR count). The fourth-order valence-corrected chi connectivity index (χ4v) is 3.41. The van der Waals surface area contributed by atoms with Gasteiger partial charge < -0.3 is 14.0 Å². The van der Waals surface area contributed by atoms with Gasteiger partial charge in [-0.05, 0) is 59.9 Å². The first kappa shape index (κ1) is 17.0. The minimum atomic E-state index is -0.407. The van der Waals surface area contributed by atoms with Crippen LogP contribution in [-0.2, 0) is 14.0 Å². The van der Waals surface area contributed by atoms with Crippen molar-refractivity contribution in [2.75, 3.05) is 6.61 Å². The van der Waals surface area contributed by atoms with Gasteiger partial charge >= 0.3 is 7.12 Å². The summed E-state index contributed by atoms with van der Waals surface area (Å²) in [5, 5.41) is 5.71. The van der Waals surface area contributed by atoms with E-state index in [4.69, 9.17) is 14.0 Å². The first-order chi connectivity index (χ1) is 11.8. The lowest BCUT2D eigenvalue weighted by atomic mass is 9.80. The SMILES string of the molecule is Cc1nn(C2CCCCO2)c2ncc(B3OC(C)(C)C(C)(C)O3)cc12. The van der Waals surface area contributed by atoms with E-state index in [0.717, 1.165) is 48.1 Å². The van der Waals surface area contributed by atoms with E-state index in [1.165, 1.54) is 0 Å². The van der Waals surface area contributed by atoms with Crippen molar-refractivity contribution in [1.82, 2.24) is 14.8 Å². The van der Waals surface area contributed by atoms with Crippen LogP contribution in [0.15, 0.2) is 12.3 Å². The molecule has 0 saturated carbocycles. The molecule has 0 aromatic carbocycles. The van der Waals surface area contributed by atoms with Crippen molar-refractivity contribution >= 4 is 23.6 Å². The van der Waals surface area contributed by atoms with Crippen molar-refractivity contribution in [1.29, 1.82) is 0 Å². The molecule has 0 aliphatic carbocycles. The minimum Gasteiger partial charge on any atom is -0.399 e. The smallest absolute Gasteiger partial charge is 0.399 e. The molecule has 2 aromatic rings. The molecule has 2 fully saturated rings. The van der Waals surface area contributed by atoms with Crippen LogP contribution in [0, 0.1) is 6.92 Å². The van der Waals surface area contributed by atoms with Gasteiger partial charge in [0.2, 0.25) is 0 Å². The quantitative estimate of drug-likeness (QED) is 0.785. The fourth-order valence-electron chi connectivity index (χ4n) is 3.41. The maximum atomic E-state index is 6.15. The zero-order valence-corrected chi connectivity index (χ0v) is 15.7. The maximum absolute atomic E-state index is 6.15. The molecule has 0 amide bonds. The number of aromatic nitrogens is 3. The summed E-state index contributed by atoms with van der Waals surface area (Å²) in [6.45, 7) is 11.0. The van der Waals surface area contributed by atoms with Crippen LogP contribution in [0.25, 0.3) is 11.0 Å². The van der Waals surface area contributed by atoms with E-state index in [9.17, 15) is 0 Å². The Balaban J connectivity index is 1.69. The van der Waals surface area contributed by atoms with E-state index in [1.807, 2.05) is 17.8 Å². The summed E-state index contributed by atoms with van der Waals surface area (Å²) in [5.74, 6) is 0. The Morgan fingerprint density at radius 2 is 1.88 bits per heavy atom. The highest BCUT2D eigenvalue weighted by Crippen LogP contribution is 2.36. The van der Waals surface area contributed by atoms with Gasteiger partial charge in [-0.2, -0.15) is 5.10 Å². The molecular weight excluding hydrogens is 317 g/mol. The highest BCUT2D eigenvalue weighted by atomic mass is 16.7. The number of ether oxygens (including phenoxy) is 1. The molecule has 134 valence electrons. The summed E-state index contributed by atoms with van der Waals surface area (Å²) in [4.78, 5) is 4.68. The second-order valence-corrected chi connectivity index (χ2v) is 8.08. The Morgan fingerprint density at radius 3 is 2.52 bits per heavy atom. The Morgan fingerprint density at radius 1 is 1.16 bits per heavy atom. The predicted octanol–water partition coefficient (Wildman–Crippen LogP) is 2.74. The number of pyridine rings is 1. The topological polar surface area (TPSA) is 58.4 Å². The molecule has 1 atom stereocenters. The van der Waals surface area contributed by atoms with Gasteiger partial charge in [-0.25, -0.2) is 9.67 Å². The first-order valence-electron chi connectivity index (χ1n) is 9.10. The zero-order chi connectivity index (χ0) is 17.8. The van der Waals surface area contributed by atoms with Gasteiger partial charge in [0.1, 0.15) is 0 Å². The van der Waals surface area contributed by atoms with Crippen LogP contribution < -0.4 is 5.46 Å². The number of hydrogen-bond donors (Lipinski definition) is 0. The number of fused-ring (bicyclic) bond motifs is 1. The monoisotopic (exact) mass is 343 g/mol. The van der Waals surface area contributed by atoms with Gasteiger partial charge in [-0.3, -0.25) is 0 Å². The van der Waals surface area contributed by atoms with E-state index in [1.54, 1.807) is 0 Å². The zero-order valence-electron chi connectivity index (χ0n) is 15.7. The lowest BCUT2D eigenvalue weighted by Gasteiger charge is -2.32. The molecule has 1 unspecified atom stereocenters. The highest BCUT2D eigenvalue weighted by molar-refractivity contribution is 6.62. The van der Waals surface area contributed by atoms with Crippen LogP contribution in [0.2, 0.25) is 0 Å². The Hall–Kier alpha value is -1.44. The van der Waals surface area contributed by atoms with Gasteiger partial charge in [0.15, 0.2) is 11.9 Å². The lowest BCUT2D eigenvalue weighted by molar-refractivity contribution is -0.0371.